The van der Waals surface area contributed by atoms with Gasteiger partial charge in [-0.1, -0.05) is 35.1 Å². The minimum atomic E-state index is 0.641. The molecular formula is C9H5ClN4S2. The summed E-state index contributed by atoms with van der Waals surface area (Å²) in [5.74, 6) is 0.674. The molecule has 80 valence electrons. The molecule has 16 heavy (non-hydrogen) atoms. The molecule has 1 N–H and O–H groups in total. The summed E-state index contributed by atoms with van der Waals surface area (Å²) in [5.41, 5.74) is 0.834. The van der Waals surface area contributed by atoms with Gasteiger partial charge in [0.25, 0.3) is 0 Å². The largest absolute Gasteiger partial charge is 0.271 e. The Balaban J connectivity index is 2.34. The highest BCUT2D eigenvalue weighted by Crippen LogP contribution is 2.26. The van der Waals surface area contributed by atoms with E-state index in [0.29, 0.717) is 14.8 Å². The van der Waals surface area contributed by atoms with Gasteiger partial charge in [-0.2, -0.15) is 0 Å². The predicted octanol–water partition coefficient (Wildman–Crippen LogP) is 3.17. The number of nitrogens with zero attached hydrogens (tertiary/aromatic N) is 3. The van der Waals surface area contributed by atoms with Gasteiger partial charge in [-0.25, -0.2) is 4.52 Å². The van der Waals surface area contributed by atoms with Crippen molar-refractivity contribution >= 4 is 40.1 Å². The zero-order chi connectivity index (χ0) is 11.1. The predicted molar refractivity (Wildman–Crippen MR) is 66.5 cm³/mol. The van der Waals surface area contributed by atoms with Crippen LogP contribution in [0.1, 0.15) is 0 Å². The highest BCUT2D eigenvalue weighted by molar-refractivity contribution is 7.73. The fourth-order valence-electron chi connectivity index (χ4n) is 1.45. The van der Waals surface area contributed by atoms with Crippen LogP contribution in [0, 0.1) is 3.95 Å². The van der Waals surface area contributed by atoms with Crippen molar-refractivity contribution in [1.82, 2.24) is 19.8 Å². The Kier molecular flexibility index (Phi) is 2.27. The summed E-state index contributed by atoms with van der Waals surface area (Å²) in [6, 6.07) is 7.50. The lowest BCUT2D eigenvalue weighted by Gasteiger charge is -1.99. The standard InChI is InChI=1S/C9H5ClN4S2/c10-6-4-2-1-3-5(6)7-11-12-8-14(7)13-9(15)16-8/h1-4H,(H,13,15). The Morgan fingerprint density at radius 3 is 2.94 bits per heavy atom. The molecule has 0 amide bonds. The highest BCUT2D eigenvalue weighted by atomic mass is 35.5. The molecule has 0 unspecified atom stereocenters. The van der Waals surface area contributed by atoms with E-state index in [1.54, 1.807) is 4.52 Å². The molecular weight excluding hydrogens is 264 g/mol. The van der Waals surface area contributed by atoms with Crippen molar-refractivity contribution in [2.24, 2.45) is 0 Å². The summed E-state index contributed by atoms with van der Waals surface area (Å²) >= 11 is 12.5. The van der Waals surface area contributed by atoms with Gasteiger partial charge in [0, 0.05) is 5.56 Å². The molecule has 0 spiro atoms. The van der Waals surface area contributed by atoms with Crippen molar-refractivity contribution in [2.75, 3.05) is 0 Å². The van der Waals surface area contributed by atoms with Crippen LogP contribution in [0.3, 0.4) is 0 Å². The zero-order valence-corrected chi connectivity index (χ0v) is 10.2. The Morgan fingerprint density at radius 2 is 2.12 bits per heavy atom. The van der Waals surface area contributed by atoms with E-state index in [9.17, 15) is 0 Å². The summed E-state index contributed by atoms with van der Waals surface area (Å²) in [6.07, 6.45) is 0. The molecule has 0 aliphatic heterocycles. The van der Waals surface area contributed by atoms with Crippen LogP contribution >= 0.6 is 35.2 Å². The van der Waals surface area contributed by atoms with E-state index in [4.69, 9.17) is 23.8 Å². The van der Waals surface area contributed by atoms with Crippen molar-refractivity contribution in [1.29, 1.82) is 0 Å². The summed E-state index contributed by atoms with van der Waals surface area (Å²) in [4.78, 5) is 0.736. The number of hydrogen-bond donors (Lipinski definition) is 1. The van der Waals surface area contributed by atoms with Crippen LogP contribution in [0.15, 0.2) is 24.3 Å². The second-order valence-electron chi connectivity index (χ2n) is 3.12. The molecule has 2 aromatic heterocycles. The first-order valence-corrected chi connectivity index (χ1v) is 6.05. The van der Waals surface area contributed by atoms with Gasteiger partial charge in [0.15, 0.2) is 9.78 Å². The average Bonchev–Trinajstić information content (AvgIpc) is 2.78. The zero-order valence-electron chi connectivity index (χ0n) is 7.85. The third kappa shape index (κ3) is 1.46. The van der Waals surface area contributed by atoms with E-state index in [-0.39, 0.29) is 0 Å². The van der Waals surface area contributed by atoms with Crippen molar-refractivity contribution in [3.63, 3.8) is 0 Å². The van der Waals surface area contributed by atoms with Gasteiger partial charge in [0.1, 0.15) is 0 Å². The maximum absolute atomic E-state index is 6.11. The maximum atomic E-state index is 6.11. The Bertz CT molecular complexity index is 711. The van der Waals surface area contributed by atoms with Crippen LogP contribution < -0.4 is 0 Å². The summed E-state index contributed by atoms with van der Waals surface area (Å²) in [6.45, 7) is 0. The lowest BCUT2D eigenvalue weighted by Crippen LogP contribution is -1.90. The molecule has 3 aromatic rings. The number of halogens is 1. The quantitative estimate of drug-likeness (QED) is 0.690. The Morgan fingerprint density at radius 1 is 1.31 bits per heavy atom. The molecule has 0 atom stereocenters. The molecule has 0 aliphatic carbocycles. The lowest BCUT2D eigenvalue weighted by atomic mass is 10.2. The summed E-state index contributed by atoms with van der Waals surface area (Å²) < 4.78 is 2.41. The van der Waals surface area contributed by atoms with Gasteiger partial charge in [-0.05, 0) is 24.4 Å². The normalized spacial score (nSPS) is 11.1. The molecule has 0 saturated heterocycles. The summed E-state index contributed by atoms with van der Waals surface area (Å²) in [5, 5.41) is 11.8. The molecule has 0 bridgehead atoms. The molecule has 0 saturated carbocycles. The first-order valence-electron chi connectivity index (χ1n) is 4.45. The van der Waals surface area contributed by atoms with Gasteiger partial charge in [-0.15, -0.1) is 10.2 Å². The van der Waals surface area contributed by atoms with E-state index in [1.165, 1.54) is 11.3 Å². The third-order valence-electron chi connectivity index (χ3n) is 2.14. The first-order chi connectivity index (χ1) is 7.75. The third-order valence-corrected chi connectivity index (χ3v) is 3.53. The number of H-pyrrole nitrogens is 1. The number of fused-ring (bicyclic) bond motifs is 1. The SMILES string of the molecule is S=c1[nH]n2c(-c3ccccc3Cl)nnc2s1. The van der Waals surface area contributed by atoms with Gasteiger partial charge in [0.2, 0.25) is 4.96 Å². The molecule has 7 heteroatoms. The van der Waals surface area contributed by atoms with Crippen LogP contribution in [-0.2, 0) is 0 Å². The van der Waals surface area contributed by atoms with Gasteiger partial charge < -0.3 is 0 Å². The minimum Gasteiger partial charge on any atom is -0.271 e. The number of aromatic amines is 1. The van der Waals surface area contributed by atoms with Gasteiger partial charge in [0.05, 0.1) is 5.02 Å². The van der Waals surface area contributed by atoms with E-state index >= 15 is 0 Å². The van der Waals surface area contributed by atoms with Crippen molar-refractivity contribution in [3.8, 4) is 11.4 Å². The van der Waals surface area contributed by atoms with E-state index in [1.807, 2.05) is 24.3 Å². The molecule has 0 radical (unpaired) electrons. The Hall–Kier alpha value is -1.24. The van der Waals surface area contributed by atoms with Crippen LogP contribution in [0.4, 0.5) is 0 Å². The second-order valence-corrected chi connectivity index (χ2v) is 5.17. The number of benzene rings is 1. The van der Waals surface area contributed by atoms with E-state index in [0.717, 1.165) is 10.5 Å². The summed E-state index contributed by atoms with van der Waals surface area (Å²) in [7, 11) is 0. The van der Waals surface area contributed by atoms with Crippen LogP contribution in [0.25, 0.3) is 16.3 Å². The number of hydrogen-bond acceptors (Lipinski definition) is 4. The van der Waals surface area contributed by atoms with Crippen molar-refractivity contribution in [2.45, 2.75) is 0 Å². The number of rotatable bonds is 1. The Labute approximate surface area is 105 Å². The molecule has 1 aromatic carbocycles. The second kappa shape index (κ2) is 3.65. The lowest BCUT2D eigenvalue weighted by molar-refractivity contribution is 0.958. The molecule has 3 rings (SSSR count). The molecule has 4 nitrogen and oxygen atoms in total. The van der Waals surface area contributed by atoms with Crippen LogP contribution in [0.5, 0.6) is 0 Å². The van der Waals surface area contributed by atoms with Gasteiger partial charge >= 0.3 is 0 Å². The number of nitrogens with one attached hydrogen (secondary N) is 1. The molecule has 0 fully saturated rings. The average molecular weight is 269 g/mol. The molecule has 2 heterocycles. The maximum Gasteiger partial charge on any atom is 0.234 e. The smallest absolute Gasteiger partial charge is 0.234 e. The van der Waals surface area contributed by atoms with Gasteiger partial charge in [-0.3, -0.25) is 5.10 Å². The monoisotopic (exact) mass is 268 g/mol. The molecule has 0 aliphatic rings. The fraction of sp³-hybridized carbons (Fsp3) is 0. The minimum absolute atomic E-state index is 0.641. The topological polar surface area (TPSA) is 46.0 Å². The van der Waals surface area contributed by atoms with E-state index < -0.39 is 0 Å². The number of aromatic nitrogens is 4. The van der Waals surface area contributed by atoms with Crippen molar-refractivity contribution < 1.29 is 0 Å². The van der Waals surface area contributed by atoms with E-state index in [2.05, 4.69) is 15.3 Å². The fourth-order valence-corrected chi connectivity index (χ4v) is 2.59. The highest BCUT2D eigenvalue weighted by Gasteiger charge is 2.12. The van der Waals surface area contributed by atoms with Crippen molar-refractivity contribution in [3.05, 3.63) is 33.2 Å². The first kappa shape index (κ1) is 9.95. The van der Waals surface area contributed by atoms with Crippen LogP contribution in [-0.4, -0.2) is 19.8 Å². The van der Waals surface area contributed by atoms with Crippen LogP contribution in [0.2, 0.25) is 5.02 Å².